The van der Waals surface area contributed by atoms with Gasteiger partial charge in [-0.1, -0.05) is 0 Å². The molecule has 0 rings (SSSR count). The normalized spacial score (nSPS) is 13.5. The fourth-order valence-corrected chi connectivity index (χ4v) is 9.91. The first-order valence-corrected chi connectivity index (χ1v) is 13.4. The SMILES string of the molecule is C=C(C)C(=O)OCP(Br)(CCCC)(CCCC)CCCC. The van der Waals surface area contributed by atoms with Gasteiger partial charge in [0, 0.05) is 0 Å². The number of unbranched alkanes of at least 4 members (excludes halogenated alkanes) is 3. The van der Waals surface area contributed by atoms with Crippen LogP contribution in [0.2, 0.25) is 0 Å². The summed E-state index contributed by atoms with van der Waals surface area (Å²) in [5.74, 6) is -0.243. The van der Waals surface area contributed by atoms with E-state index in [2.05, 4.69) is 42.8 Å². The molecule has 0 amide bonds. The number of halogens is 1. The summed E-state index contributed by atoms with van der Waals surface area (Å²) in [5.41, 5.74) is 0.494. The van der Waals surface area contributed by atoms with Gasteiger partial charge in [0.15, 0.2) is 0 Å². The molecule has 0 aliphatic carbocycles. The van der Waals surface area contributed by atoms with Crippen molar-refractivity contribution in [1.82, 2.24) is 0 Å². The third kappa shape index (κ3) is 7.79. The molecule has 0 heterocycles. The van der Waals surface area contributed by atoms with Crippen LogP contribution in [0.1, 0.15) is 66.2 Å². The summed E-state index contributed by atoms with van der Waals surface area (Å²) >= 11 is 4.20. The van der Waals surface area contributed by atoms with Crippen molar-refractivity contribution in [2.45, 2.75) is 66.2 Å². The zero-order valence-corrected chi connectivity index (χ0v) is 16.9. The van der Waals surface area contributed by atoms with E-state index < -0.39 is 5.31 Å². The molecule has 21 heavy (non-hydrogen) atoms. The zero-order valence-electron chi connectivity index (χ0n) is 14.4. The fraction of sp³-hybridized carbons (Fsp3) is 0.824. The molecule has 126 valence electrons. The molecule has 0 aromatic carbocycles. The first-order chi connectivity index (χ1) is 9.81. The summed E-state index contributed by atoms with van der Waals surface area (Å²) in [4.78, 5) is 11.8. The number of carbonyl (C=O) groups excluding carboxylic acids is 1. The predicted octanol–water partition coefficient (Wildman–Crippen LogP) is 6.33. The Hall–Kier alpha value is 0.120. The molecular weight excluding hydrogens is 347 g/mol. The van der Waals surface area contributed by atoms with Gasteiger partial charge in [-0.3, -0.25) is 0 Å². The average Bonchev–Trinajstić information content (AvgIpc) is 2.47. The van der Waals surface area contributed by atoms with E-state index in [9.17, 15) is 4.79 Å². The molecule has 0 aliphatic rings. The molecule has 0 bridgehead atoms. The van der Waals surface area contributed by atoms with Crippen molar-refractivity contribution in [2.75, 3.05) is 24.8 Å². The monoisotopic (exact) mass is 380 g/mol. The van der Waals surface area contributed by atoms with Crippen LogP contribution in [0.3, 0.4) is 0 Å². The van der Waals surface area contributed by atoms with Gasteiger partial charge in [0.2, 0.25) is 0 Å². The average molecular weight is 381 g/mol. The second-order valence-electron chi connectivity index (χ2n) is 6.39. The standard InChI is InChI=1S/C17H34BrO2P/c1-6-9-12-21(18,13-10-7-2,14-11-8-3)15-20-17(19)16(4)5/h4,6-15H2,1-3,5H3. The van der Waals surface area contributed by atoms with Gasteiger partial charge >= 0.3 is 140 Å². The van der Waals surface area contributed by atoms with Gasteiger partial charge in [-0.05, 0) is 0 Å². The number of hydrogen-bond donors (Lipinski definition) is 0. The number of rotatable bonds is 12. The van der Waals surface area contributed by atoms with E-state index in [1.165, 1.54) is 57.0 Å². The first-order valence-electron chi connectivity index (χ1n) is 8.36. The number of carbonyl (C=O) groups is 1. The summed E-state index contributed by atoms with van der Waals surface area (Å²) in [6, 6.07) is 0. The summed E-state index contributed by atoms with van der Waals surface area (Å²) < 4.78 is 5.64. The topological polar surface area (TPSA) is 26.3 Å². The van der Waals surface area contributed by atoms with Crippen LogP contribution >= 0.6 is 20.8 Å². The minimum atomic E-state index is -2.13. The summed E-state index contributed by atoms with van der Waals surface area (Å²) in [6.45, 7) is 12.1. The Balaban J connectivity index is 5.12. The Morgan fingerprint density at radius 1 is 1.00 bits per heavy atom. The molecule has 2 nitrogen and oxygen atoms in total. The van der Waals surface area contributed by atoms with Crippen molar-refractivity contribution in [3.63, 3.8) is 0 Å². The van der Waals surface area contributed by atoms with Crippen molar-refractivity contribution in [2.24, 2.45) is 0 Å². The van der Waals surface area contributed by atoms with E-state index in [1.54, 1.807) is 6.92 Å². The van der Waals surface area contributed by atoms with Crippen molar-refractivity contribution in [1.29, 1.82) is 0 Å². The maximum absolute atomic E-state index is 11.8. The van der Waals surface area contributed by atoms with E-state index in [0.29, 0.717) is 11.9 Å². The molecule has 0 saturated carbocycles. The van der Waals surface area contributed by atoms with Gasteiger partial charge in [0.1, 0.15) is 0 Å². The molecule has 0 radical (unpaired) electrons. The van der Waals surface area contributed by atoms with Crippen LogP contribution in [-0.2, 0) is 9.53 Å². The Kier molecular flexibility index (Phi) is 10.1. The van der Waals surface area contributed by atoms with E-state index in [-0.39, 0.29) is 5.97 Å². The van der Waals surface area contributed by atoms with Gasteiger partial charge in [-0.2, -0.15) is 0 Å². The molecule has 0 atom stereocenters. The molecule has 0 N–H and O–H groups in total. The number of esters is 1. The van der Waals surface area contributed by atoms with Gasteiger partial charge in [0.05, 0.1) is 0 Å². The van der Waals surface area contributed by atoms with Gasteiger partial charge in [-0.15, -0.1) is 0 Å². The Labute approximate surface area is 139 Å². The maximum atomic E-state index is 11.8. The molecule has 0 aliphatic heterocycles. The van der Waals surface area contributed by atoms with E-state index >= 15 is 0 Å². The molecule has 0 aromatic heterocycles. The summed E-state index contributed by atoms with van der Waals surface area (Å²) in [5, 5.41) is -2.13. The van der Waals surface area contributed by atoms with Crippen LogP contribution in [-0.4, -0.2) is 30.8 Å². The van der Waals surface area contributed by atoms with Crippen LogP contribution in [0.25, 0.3) is 0 Å². The minimum absolute atomic E-state index is 0.243. The zero-order chi connectivity index (χ0) is 16.4. The summed E-state index contributed by atoms with van der Waals surface area (Å²) in [6.07, 6.45) is 11.3. The molecule has 4 heteroatoms. The Bertz CT molecular complexity index is 317. The van der Waals surface area contributed by atoms with Gasteiger partial charge < -0.3 is 0 Å². The number of ether oxygens (including phenoxy) is 1. The molecule has 0 unspecified atom stereocenters. The predicted molar refractivity (Wildman–Crippen MR) is 101 cm³/mol. The van der Waals surface area contributed by atoms with E-state index in [4.69, 9.17) is 4.74 Å². The van der Waals surface area contributed by atoms with Crippen LogP contribution in [0.15, 0.2) is 12.2 Å². The Morgan fingerprint density at radius 3 is 1.67 bits per heavy atom. The van der Waals surface area contributed by atoms with Crippen LogP contribution in [0.5, 0.6) is 0 Å². The quantitative estimate of drug-likeness (QED) is 0.224. The first kappa shape index (κ1) is 21.1. The Morgan fingerprint density at radius 2 is 1.38 bits per heavy atom. The van der Waals surface area contributed by atoms with Crippen LogP contribution in [0, 0.1) is 0 Å². The van der Waals surface area contributed by atoms with Gasteiger partial charge in [-0.25, -0.2) is 0 Å². The second kappa shape index (κ2) is 10.0. The molecule has 0 spiro atoms. The molecule has 0 fully saturated rings. The van der Waals surface area contributed by atoms with Crippen molar-refractivity contribution in [3.05, 3.63) is 12.2 Å². The van der Waals surface area contributed by atoms with Crippen molar-refractivity contribution in [3.8, 4) is 0 Å². The third-order valence-electron chi connectivity index (χ3n) is 4.08. The molecule has 0 aromatic rings. The van der Waals surface area contributed by atoms with E-state index in [0.717, 1.165) is 0 Å². The van der Waals surface area contributed by atoms with Crippen molar-refractivity contribution < 1.29 is 9.53 Å². The summed E-state index contributed by atoms with van der Waals surface area (Å²) in [7, 11) is 0. The van der Waals surface area contributed by atoms with Crippen molar-refractivity contribution >= 4 is 26.8 Å². The third-order valence-corrected chi connectivity index (χ3v) is 13.0. The van der Waals surface area contributed by atoms with Crippen LogP contribution in [0.4, 0.5) is 0 Å². The van der Waals surface area contributed by atoms with E-state index in [1.807, 2.05) is 0 Å². The molecule has 0 saturated heterocycles. The van der Waals surface area contributed by atoms with Gasteiger partial charge in [0.25, 0.3) is 0 Å². The number of hydrogen-bond acceptors (Lipinski definition) is 2. The van der Waals surface area contributed by atoms with Crippen LogP contribution < -0.4 is 0 Å². The fourth-order valence-electron chi connectivity index (χ4n) is 2.53. The molecular formula is C17H34BrO2P. The second-order valence-corrected chi connectivity index (χ2v) is 17.7.